The van der Waals surface area contributed by atoms with E-state index in [1.807, 2.05) is 0 Å². The summed E-state index contributed by atoms with van der Waals surface area (Å²) in [5.74, 6) is -1.08. The predicted octanol–water partition coefficient (Wildman–Crippen LogP) is 2.51. The fraction of sp³-hybridized carbons (Fsp3) is 0.130. The largest absolute Gasteiger partial charge is 0.342 e. The number of hydrogen-bond donors (Lipinski definition) is 2. The summed E-state index contributed by atoms with van der Waals surface area (Å²) < 4.78 is 54.5. The third-order valence-corrected chi connectivity index (χ3v) is 10.5. The van der Waals surface area contributed by atoms with Crippen molar-refractivity contribution < 1.29 is 21.6 Å². The van der Waals surface area contributed by atoms with Gasteiger partial charge in [0.05, 0.1) is 26.6 Å². The fourth-order valence-corrected chi connectivity index (χ4v) is 8.00. The van der Waals surface area contributed by atoms with E-state index in [9.17, 15) is 31.2 Å². The van der Waals surface area contributed by atoms with Gasteiger partial charge >= 0.3 is 5.69 Å². The van der Waals surface area contributed by atoms with Crippen molar-refractivity contribution in [1.82, 2.24) is 9.55 Å². The number of H-pyrrole nitrogens is 1. The summed E-state index contributed by atoms with van der Waals surface area (Å²) in [4.78, 5) is 40.8. The monoisotopic (exact) mass is 592 g/mol. The van der Waals surface area contributed by atoms with Crippen molar-refractivity contribution in [3.63, 3.8) is 0 Å². The average Bonchev–Trinajstić information content (AvgIpc) is 3.26. The van der Waals surface area contributed by atoms with E-state index in [4.69, 9.17) is 11.6 Å². The number of nitrogens with one attached hydrogen (secondary N) is 2. The Labute approximate surface area is 224 Å². The molecule has 0 saturated carbocycles. The zero-order valence-corrected chi connectivity index (χ0v) is 22.6. The van der Waals surface area contributed by atoms with Gasteiger partial charge in [0, 0.05) is 6.42 Å². The van der Waals surface area contributed by atoms with Gasteiger partial charge in [-0.3, -0.25) is 9.59 Å². The van der Waals surface area contributed by atoms with Crippen molar-refractivity contribution in [1.29, 1.82) is 0 Å². The number of aromatic amines is 1. The lowest BCUT2D eigenvalue weighted by Crippen LogP contribution is -2.34. The highest BCUT2D eigenvalue weighted by atomic mass is 35.5. The standard InChI is InChI=1S/C23H17ClN4O7S3/c1-12-25-18-10-17-16(9-19(18)38(34,35)27-12)22(30)28(23(31)26-17)14-4-2-13(3-5-14)8-15(29)11-37(32,33)21-7-6-20(24)36-21/h2-7,9-10H,8,11H2,1H3,(H,25,27)(H,26,31). The first-order valence-electron chi connectivity index (χ1n) is 10.8. The van der Waals surface area contributed by atoms with E-state index in [0.29, 0.717) is 9.90 Å². The van der Waals surface area contributed by atoms with Gasteiger partial charge in [0.2, 0.25) is 0 Å². The molecular weight excluding hydrogens is 576 g/mol. The van der Waals surface area contributed by atoms with E-state index in [2.05, 4.69) is 14.7 Å². The summed E-state index contributed by atoms with van der Waals surface area (Å²) in [6, 6.07) is 11.2. The average molecular weight is 593 g/mol. The van der Waals surface area contributed by atoms with E-state index >= 15 is 0 Å². The molecule has 15 heteroatoms. The summed E-state index contributed by atoms with van der Waals surface area (Å²) in [6.45, 7) is 1.47. The van der Waals surface area contributed by atoms with Gasteiger partial charge in [-0.15, -0.1) is 15.7 Å². The highest BCUT2D eigenvalue weighted by molar-refractivity contribution is 7.94. The number of carbonyl (C=O) groups excluding carboxylic acids is 1. The van der Waals surface area contributed by atoms with Crippen LogP contribution in [0.1, 0.15) is 12.5 Å². The topological polar surface area (TPSA) is 165 Å². The van der Waals surface area contributed by atoms with E-state index in [1.54, 1.807) is 0 Å². The molecule has 0 atom stereocenters. The molecule has 0 unspecified atom stereocenters. The number of fused-ring (bicyclic) bond motifs is 2. The molecule has 4 aromatic rings. The minimum Gasteiger partial charge on any atom is -0.342 e. The van der Waals surface area contributed by atoms with Crippen LogP contribution in [-0.2, 0) is 31.1 Å². The van der Waals surface area contributed by atoms with Gasteiger partial charge < -0.3 is 10.3 Å². The van der Waals surface area contributed by atoms with Crippen LogP contribution in [0.5, 0.6) is 0 Å². The minimum absolute atomic E-state index is 0.00730. The second-order valence-electron chi connectivity index (χ2n) is 8.44. The summed E-state index contributed by atoms with van der Waals surface area (Å²) >= 11 is 6.66. The van der Waals surface area contributed by atoms with E-state index < -0.39 is 42.6 Å². The maximum Gasteiger partial charge on any atom is 0.333 e. The molecular formula is C23H17ClN4O7S3. The Morgan fingerprint density at radius 3 is 2.47 bits per heavy atom. The van der Waals surface area contributed by atoms with Crippen LogP contribution in [0.15, 0.2) is 71.6 Å². The highest BCUT2D eigenvalue weighted by Crippen LogP contribution is 2.30. The molecule has 0 fully saturated rings. The van der Waals surface area contributed by atoms with Gasteiger partial charge in [0.25, 0.3) is 15.6 Å². The third-order valence-electron chi connectivity index (χ3n) is 5.65. The number of anilines is 1. The number of benzene rings is 2. The van der Waals surface area contributed by atoms with Gasteiger partial charge in [-0.25, -0.2) is 17.8 Å². The van der Waals surface area contributed by atoms with Crippen molar-refractivity contribution in [2.24, 2.45) is 4.40 Å². The van der Waals surface area contributed by atoms with Crippen LogP contribution in [0, 0.1) is 0 Å². The van der Waals surface area contributed by atoms with Crippen LogP contribution < -0.4 is 16.6 Å². The van der Waals surface area contributed by atoms with Crippen LogP contribution in [-0.4, -0.2) is 43.8 Å². The Balaban J connectivity index is 1.44. The number of Topliss-reactive ketones (excluding diaryl/α,β-unsaturated/α-hetero) is 1. The molecule has 0 saturated heterocycles. The molecule has 2 aromatic heterocycles. The van der Waals surface area contributed by atoms with E-state index in [0.717, 1.165) is 22.0 Å². The van der Waals surface area contributed by atoms with Crippen LogP contribution >= 0.6 is 22.9 Å². The summed E-state index contributed by atoms with van der Waals surface area (Å²) in [5, 5.41) is 2.77. The molecule has 0 amide bonds. The van der Waals surface area contributed by atoms with Gasteiger partial charge in [0.15, 0.2) is 15.6 Å². The molecule has 0 radical (unpaired) electrons. The number of hydrogen-bond acceptors (Lipinski definition) is 9. The Hall–Kier alpha value is -3.59. The number of carbonyl (C=O) groups is 1. The van der Waals surface area contributed by atoms with E-state index in [-0.39, 0.29) is 43.6 Å². The molecule has 5 rings (SSSR count). The number of rotatable bonds is 6. The van der Waals surface area contributed by atoms with Gasteiger partial charge in [0.1, 0.15) is 20.7 Å². The van der Waals surface area contributed by atoms with E-state index in [1.165, 1.54) is 49.4 Å². The first-order valence-corrected chi connectivity index (χ1v) is 15.1. The van der Waals surface area contributed by atoms with Crippen LogP contribution in [0.4, 0.5) is 5.69 Å². The molecule has 38 heavy (non-hydrogen) atoms. The van der Waals surface area contributed by atoms with Crippen molar-refractivity contribution in [2.45, 2.75) is 22.4 Å². The Morgan fingerprint density at radius 2 is 1.82 bits per heavy atom. The Morgan fingerprint density at radius 1 is 1.11 bits per heavy atom. The maximum absolute atomic E-state index is 13.2. The molecule has 1 aliphatic rings. The lowest BCUT2D eigenvalue weighted by molar-refractivity contribution is -0.116. The molecule has 0 bridgehead atoms. The number of sulfonamides is 1. The van der Waals surface area contributed by atoms with Crippen molar-refractivity contribution in [2.75, 3.05) is 11.1 Å². The number of nitrogens with zero attached hydrogens (tertiary/aromatic N) is 2. The first-order chi connectivity index (χ1) is 17.8. The number of thiophene rings is 1. The molecule has 1 aliphatic heterocycles. The third kappa shape index (κ3) is 4.82. The van der Waals surface area contributed by atoms with Crippen molar-refractivity contribution in [3.05, 3.63) is 79.3 Å². The molecule has 11 nitrogen and oxygen atoms in total. The fourth-order valence-electron chi connectivity index (χ4n) is 4.03. The quantitative estimate of drug-likeness (QED) is 0.345. The Kier molecular flexibility index (Phi) is 6.38. The smallest absolute Gasteiger partial charge is 0.333 e. The highest BCUT2D eigenvalue weighted by Gasteiger charge is 2.26. The lowest BCUT2D eigenvalue weighted by Gasteiger charge is -2.17. The van der Waals surface area contributed by atoms with Crippen LogP contribution in [0.25, 0.3) is 16.6 Å². The predicted molar refractivity (Wildman–Crippen MR) is 144 cm³/mol. The van der Waals surface area contributed by atoms with Crippen molar-refractivity contribution in [3.8, 4) is 5.69 Å². The summed E-state index contributed by atoms with van der Waals surface area (Å²) in [6.07, 6.45) is -0.182. The van der Waals surface area contributed by atoms with Gasteiger partial charge in [-0.1, -0.05) is 23.7 Å². The molecule has 0 spiro atoms. The maximum atomic E-state index is 13.2. The number of ketones is 1. The zero-order valence-electron chi connectivity index (χ0n) is 19.4. The minimum atomic E-state index is -4.03. The molecule has 196 valence electrons. The second kappa shape index (κ2) is 9.31. The number of aromatic nitrogens is 2. The number of amidine groups is 1. The lowest BCUT2D eigenvalue weighted by atomic mass is 10.1. The van der Waals surface area contributed by atoms with Crippen LogP contribution in [0.3, 0.4) is 0 Å². The second-order valence-corrected chi connectivity index (χ2v) is 13.9. The van der Waals surface area contributed by atoms with Crippen molar-refractivity contribution >= 4 is 71.0 Å². The number of sulfone groups is 1. The molecule has 0 aliphatic carbocycles. The zero-order chi connectivity index (χ0) is 27.4. The SMILES string of the molecule is CC1=NS(=O)(=O)c2cc3c(=O)n(-c4ccc(CC(=O)CS(=O)(=O)c5ccc(Cl)s5)cc4)c(=O)[nH]c3cc2N1. The molecule has 2 N–H and O–H groups in total. The summed E-state index contributed by atoms with van der Waals surface area (Å²) in [7, 11) is -7.85. The Bertz CT molecular complexity index is 2010. The number of halogens is 1. The van der Waals surface area contributed by atoms with Crippen LogP contribution in [0.2, 0.25) is 4.34 Å². The molecule has 2 aromatic carbocycles. The first kappa shape index (κ1) is 26.0. The summed E-state index contributed by atoms with van der Waals surface area (Å²) in [5.41, 5.74) is -0.530. The normalized spacial score (nSPS) is 14.5. The van der Waals surface area contributed by atoms with Gasteiger partial charge in [-0.2, -0.15) is 8.42 Å². The molecule has 3 heterocycles. The van der Waals surface area contributed by atoms with Gasteiger partial charge in [-0.05, 0) is 48.9 Å².